The van der Waals surface area contributed by atoms with Crippen molar-refractivity contribution < 1.29 is 23.4 Å². The number of aliphatic hydroxyl groups excluding tert-OH is 1. The van der Waals surface area contributed by atoms with Gasteiger partial charge in [-0.25, -0.2) is 0 Å². The number of carbonyl (C=O) groups is 1. The topological polar surface area (TPSA) is 113 Å². The van der Waals surface area contributed by atoms with Crippen molar-refractivity contribution in [2.45, 2.75) is 43.1 Å². The van der Waals surface area contributed by atoms with Crippen molar-refractivity contribution in [3.05, 3.63) is 39.5 Å². The van der Waals surface area contributed by atoms with Crippen LogP contribution in [-0.2, 0) is 27.7 Å². The lowest BCUT2D eigenvalue weighted by Crippen LogP contribution is -2.47. The Bertz CT molecular complexity index is 1080. The predicted molar refractivity (Wildman–Crippen MR) is 112 cm³/mol. The van der Waals surface area contributed by atoms with Gasteiger partial charge < -0.3 is 15.1 Å². The van der Waals surface area contributed by atoms with Crippen molar-refractivity contribution in [3.8, 4) is 0 Å². The molecule has 162 valence electrons. The number of fused-ring (bicyclic) bond motifs is 1. The van der Waals surface area contributed by atoms with Crippen LogP contribution in [0.3, 0.4) is 0 Å². The second-order valence-corrected chi connectivity index (χ2v) is 10.1. The van der Waals surface area contributed by atoms with E-state index in [-0.39, 0.29) is 27.9 Å². The van der Waals surface area contributed by atoms with Crippen molar-refractivity contribution in [3.63, 3.8) is 0 Å². The first kappa shape index (κ1) is 21.4. The number of β-amino-alcohol motifs (C(OH)–C–C–N with tert-alkyl or cyclic N) is 1. The molecule has 2 atom stereocenters. The summed E-state index contributed by atoms with van der Waals surface area (Å²) in [6.45, 7) is 0.442. The lowest BCUT2D eigenvalue weighted by atomic mass is 9.92. The third-order valence-electron chi connectivity index (χ3n) is 5.73. The van der Waals surface area contributed by atoms with Crippen LogP contribution >= 0.6 is 23.2 Å². The van der Waals surface area contributed by atoms with E-state index in [4.69, 9.17) is 23.2 Å². The van der Waals surface area contributed by atoms with E-state index in [1.165, 1.54) is 12.1 Å². The van der Waals surface area contributed by atoms with Crippen LogP contribution in [0.1, 0.15) is 30.5 Å². The molecule has 1 aliphatic carbocycles. The SMILES string of the molecule is O=C(O)C1CCN(c2nn(S(=O)(=O)c3c(Cl)cccc3Cl)c3c2CCCC3)CC1O. The molecule has 0 saturated carbocycles. The first-order valence-corrected chi connectivity index (χ1v) is 11.9. The summed E-state index contributed by atoms with van der Waals surface area (Å²) in [6.07, 6.45) is 2.11. The number of carboxylic acids is 1. The molecule has 0 spiro atoms. The second-order valence-electron chi connectivity index (χ2n) is 7.60. The zero-order valence-electron chi connectivity index (χ0n) is 16.0. The van der Waals surface area contributed by atoms with Crippen LogP contribution in [0.4, 0.5) is 5.82 Å². The van der Waals surface area contributed by atoms with E-state index >= 15 is 0 Å². The van der Waals surface area contributed by atoms with E-state index in [2.05, 4.69) is 5.10 Å². The number of hydrogen-bond acceptors (Lipinski definition) is 6. The molecule has 1 aliphatic heterocycles. The van der Waals surface area contributed by atoms with Crippen molar-refractivity contribution in [1.82, 2.24) is 9.19 Å². The highest BCUT2D eigenvalue weighted by Gasteiger charge is 2.37. The number of aromatic nitrogens is 2. The van der Waals surface area contributed by atoms with E-state index in [1.807, 2.05) is 0 Å². The third kappa shape index (κ3) is 3.57. The molecule has 30 heavy (non-hydrogen) atoms. The summed E-state index contributed by atoms with van der Waals surface area (Å²) in [4.78, 5) is 12.9. The van der Waals surface area contributed by atoms with Gasteiger partial charge in [-0.15, -0.1) is 5.10 Å². The fraction of sp³-hybridized carbons (Fsp3) is 0.474. The van der Waals surface area contributed by atoms with E-state index in [9.17, 15) is 23.4 Å². The lowest BCUT2D eigenvalue weighted by Gasteiger charge is -2.34. The van der Waals surface area contributed by atoms with Crippen LogP contribution in [-0.4, -0.2) is 53.0 Å². The molecule has 1 fully saturated rings. The molecule has 1 saturated heterocycles. The lowest BCUT2D eigenvalue weighted by molar-refractivity contribution is -0.146. The Morgan fingerprint density at radius 3 is 2.47 bits per heavy atom. The average molecular weight is 474 g/mol. The monoisotopic (exact) mass is 473 g/mol. The first-order chi connectivity index (χ1) is 14.2. The second kappa shape index (κ2) is 8.03. The van der Waals surface area contributed by atoms with Gasteiger partial charge in [-0.05, 0) is 44.2 Å². The Morgan fingerprint density at radius 1 is 1.17 bits per heavy atom. The number of benzene rings is 1. The van der Waals surface area contributed by atoms with Crippen LogP contribution in [0.2, 0.25) is 10.0 Å². The van der Waals surface area contributed by atoms with Gasteiger partial charge in [0.25, 0.3) is 10.0 Å². The molecule has 4 rings (SSSR count). The number of aliphatic hydroxyl groups is 1. The molecule has 0 bridgehead atoms. The molecule has 2 unspecified atom stereocenters. The Kier molecular flexibility index (Phi) is 5.73. The van der Waals surface area contributed by atoms with Gasteiger partial charge in [0.1, 0.15) is 4.90 Å². The number of aliphatic carboxylic acids is 1. The van der Waals surface area contributed by atoms with Crippen molar-refractivity contribution >= 4 is 45.0 Å². The molecule has 0 amide bonds. The Morgan fingerprint density at radius 2 is 1.83 bits per heavy atom. The number of piperidine rings is 1. The van der Waals surface area contributed by atoms with Crippen molar-refractivity contribution in [2.75, 3.05) is 18.0 Å². The maximum Gasteiger partial charge on any atom is 0.309 e. The number of rotatable bonds is 4. The Labute approximate surface area is 184 Å². The molecule has 1 aromatic carbocycles. The molecule has 2 heterocycles. The molecule has 11 heteroatoms. The van der Waals surface area contributed by atoms with Crippen LogP contribution in [0.15, 0.2) is 23.1 Å². The molecular weight excluding hydrogens is 453 g/mol. The molecular formula is C19H21Cl2N3O5S. The summed E-state index contributed by atoms with van der Waals surface area (Å²) < 4.78 is 27.9. The third-order valence-corrected chi connectivity index (χ3v) is 8.30. The van der Waals surface area contributed by atoms with Gasteiger partial charge in [-0.2, -0.15) is 12.5 Å². The fourth-order valence-electron chi connectivity index (χ4n) is 4.23. The summed E-state index contributed by atoms with van der Waals surface area (Å²) in [5.74, 6) is -1.41. The molecule has 0 radical (unpaired) electrons. The van der Waals surface area contributed by atoms with Crippen LogP contribution in [0.25, 0.3) is 0 Å². The largest absolute Gasteiger partial charge is 0.481 e. The summed E-state index contributed by atoms with van der Waals surface area (Å²) in [5, 5.41) is 24.0. The zero-order chi connectivity index (χ0) is 21.6. The number of carboxylic acid groups (broad SMARTS) is 1. The molecule has 2 aliphatic rings. The number of nitrogens with zero attached hydrogens (tertiary/aromatic N) is 3. The summed E-state index contributed by atoms with van der Waals surface area (Å²) in [7, 11) is -4.14. The predicted octanol–water partition coefficient (Wildman–Crippen LogP) is 2.58. The van der Waals surface area contributed by atoms with Gasteiger partial charge in [0.05, 0.1) is 27.8 Å². The summed E-state index contributed by atoms with van der Waals surface area (Å²) >= 11 is 12.3. The summed E-state index contributed by atoms with van der Waals surface area (Å²) in [6, 6.07) is 4.50. The minimum atomic E-state index is -4.14. The van der Waals surface area contributed by atoms with Gasteiger partial charge in [0.15, 0.2) is 5.82 Å². The van der Waals surface area contributed by atoms with Crippen molar-refractivity contribution in [1.29, 1.82) is 0 Å². The number of hydrogen-bond donors (Lipinski definition) is 2. The Balaban J connectivity index is 1.79. The Hall–Kier alpha value is -1.81. The number of halogens is 2. The van der Waals surface area contributed by atoms with E-state index in [0.29, 0.717) is 30.9 Å². The van der Waals surface area contributed by atoms with Gasteiger partial charge in [-0.3, -0.25) is 4.79 Å². The molecule has 2 N–H and O–H groups in total. The molecule has 8 nitrogen and oxygen atoms in total. The maximum atomic E-state index is 13.4. The van der Waals surface area contributed by atoms with E-state index < -0.39 is 28.0 Å². The van der Waals surface area contributed by atoms with E-state index in [1.54, 1.807) is 11.0 Å². The standard InChI is InChI=1S/C19H21Cl2N3O5S/c20-13-5-3-6-14(21)17(13)30(28,29)24-15-7-2-1-4-11(15)18(22-24)23-9-8-12(19(26)27)16(25)10-23/h3,5-6,12,16,25H,1-2,4,7-10H2,(H,26,27). The normalized spacial score (nSPS) is 22.0. The van der Waals surface area contributed by atoms with Gasteiger partial charge >= 0.3 is 5.97 Å². The summed E-state index contributed by atoms with van der Waals surface area (Å²) in [5.41, 5.74) is 1.40. The van der Waals surface area contributed by atoms with Gasteiger partial charge in [-0.1, -0.05) is 29.3 Å². The van der Waals surface area contributed by atoms with E-state index in [0.717, 1.165) is 22.5 Å². The highest BCUT2D eigenvalue weighted by atomic mass is 35.5. The maximum absolute atomic E-state index is 13.4. The van der Waals surface area contributed by atoms with Crippen LogP contribution in [0, 0.1) is 5.92 Å². The number of anilines is 1. The average Bonchev–Trinajstić information content (AvgIpc) is 3.08. The fourth-order valence-corrected chi connectivity index (χ4v) is 6.69. The highest BCUT2D eigenvalue weighted by molar-refractivity contribution is 7.90. The highest BCUT2D eigenvalue weighted by Crippen LogP contribution is 2.37. The molecule has 1 aromatic heterocycles. The zero-order valence-corrected chi connectivity index (χ0v) is 18.3. The minimum absolute atomic E-state index is 0.0156. The van der Waals surface area contributed by atoms with Gasteiger partial charge in [0, 0.05) is 18.7 Å². The van der Waals surface area contributed by atoms with Crippen molar-refractivity contribution in [2.24, 2.45) is 5.92 Å². The quantitative estimate of drug-likeness (QED) is 0.701. The minimum Gasteiger partial charge on any atom is -0.481 e. The van der Waals surface area contributed by atoms with Crippen LogP contribution < -0.4 is 4.90 Å². The molecule has 2 aromatic rings. The first-order valence-electron chi connectivity index (χ1n) is 9.68. The van der Waals surface area contributed by atoms with Gasteiger partial charge in [0.2, 0.25) is 0 Å². The van der Waals surface area contributed by atoms with Crippen LogP contribution in [0.5, 0.6) is 0 Å². The smallest absolute Gasteiger partial charge is 0.309 e.